The molecule has 182 valence electrons. The van der Waals surface area contributed by atoms with E-state index in [1.54, 1.807) is 0 Å². The average molecular weight is 461 g/mol. The van der Waals surface area contributed by atoms with Crippen LogP contribution in [0.4, 0.5) is 5.69 Å². The van der Waals surface area contributed by atoms with Gasteiger partial charge in [-0.25, -0.2) is 9.59 Å². The molecule has 3 aliphatic rings. The summed E-state index contributed by atoms with van der Waals surface area (Å²) >= 11 is 0. The number of aliphatic carboxylic acids is 2. The predicted octanol–water partition coefficient (Wildman–Crippen LogP) is 3.03. The lowest BCUT2D eigenvalue weighted by Crippen LogP contribution is -2.57. The van der Waals surface area contributed by atoms with Crippen molar-refractivity contribution >= 4 is 17.6 Å². The third-order valence-electron chi connectivity index (χ3n) is 6.72. The molecule has 2 saturated heterocycles. The molecule has 1 spiro atoms. The SMILES string of the molecule is CC1OC(CN2CCN(c3ccccc3)CC2)COC12CCCCC2.O=C(O)/C=C/C(=O)O. The quantitative estimate of drug-likeness (QED) is 0.647. The van der Waals surface area contributed by atoms with Gasteiger partial charge >= 0.3 is 11.9 Å². The van der Waals surface area contributed by atoms with Gasteiger partial charge in [0.05, 0.1) is 24.4 Å². The van der Waals surface area contributed by atoms with Gasteiger partial charge in [0.1, 0.15) is 0 Å². The second-order valence-electron chi connectivity index (χ2n) is 8.97. The molecule has 2 heterocycles. The number of hydrogen-bond acceptors (Lipinski definition) is 6. The molecular weight excluding hydrogens is 424 g/mol. The van der Waals surface area contributed by atoms with Gasteiger partial charge in [-0.3, -0.25) is 4.90 Å². The van der Waals surface area contributed by atoms with Crippen molar-refractivity contribution in [1.29, 1.82) is 0 Å². The molecule has 0 bridgehead atoms. The lowest BCUT2D eigenvalue weighted by molar-refractivity contribution is -0.241. The van der Waals surface area contributed by atoms with Gasteiger partial charge in [0.15, 0.2) is 0 Å². The van der Waals surface area contributed by atoms with Gasteiger partial charge in [0.2, 0.25) is 0 Å². The number of carbonyl (C=O) groups is 2. The highest BCUT2D eigenvalue weighted by Gasteiger charge is 2.44. The number of rotatable bonds is 5. The molecule has 1 aliphatic carbocycles. The molecule has 2 aliphatic heterocycles. The topological polar surface area (TPSA) is 99.5 Å². The Bertz CT molecular complexity index is 769. The minimum Gasteiger partial charge on any atom is -0.478 e. The van der Waals surface area contributed by atoms with E-state index < -0.39 is 11.9 Å². The first kappa shape index (κ1) is 25.2. The number of carboxylic acid groups (broad SMARTS) is 2. The van der Waals surface area contributed by atoms with Crippen LogP contribution in [0.15, 0.2) is 42.5 Å². The maximum absolute atomic E-state index is 9.55. The van der Waals surface area contributed by atoms with Crippen LogP contribution >= 0.6 is 0 Å². The summed E-state index contributed by atoms with van der Waals surface area (Å²) in [4.78, 5) is 24.1. The Hall–Kier alpha value is -2.42. The van der Waals surface area contributed by atoms with E-state index in [2.05, 4.69) is 47.1 Å². The minimum absolute atomic E-state index is 0.0146. The van der Waals surface area contributed by atoms with Crippen LogP contribution in [0.25, 0.3) is 0 Å². The molecule has 0 aromatic heterocycles. The molecule has 0 radical (unpaired) electrons. The van der Waals surface area contributed by atoms with Gasteiger partial charge in [-0.2, -0.15) is 0 Å². The van der Waals surface area contributed by atoms with Crippen LogP contribution in [-0.4, -0.2) is 84.2 Å². The van der Waals surface area contributed by atoms with E-state index in [9.17, 15) is 9.59 Å². The molecule has 1 aromatic carbocycles. The zero-order valence-electron chi connectivity index (χ0n) is 19.4. The second kappa shape index (κ2) is 12.2. The summed E-state index contributed by atoms with van der Waals surface area (Å²) < 4.78 is 12.8. The second-order valence-corrected chi connectivity index (χ2v) is 8.97. The van der Waals surface area contributed by atoms with Crippen LogP contribution in [-0.2, 0) is 19.1 Å². The zero-order chi connectivity index (χ0) is 23.7. The van der Waals surface area contributed by atoms with Gasteiger partial charge < -0.3 is 24.6 Å². The molecular formula is C25H36N2O6. The van der Waals surface area contributed by atoms with E-state index >= 15 is 0 Å². The molecule has 1 aromatic rings. The molecule has 4 rings (SSSR count). The minimum atomic E-state index is -1.26. The summed E-state index contributed by atoms with van der Waals surface area (Å²) in [6.07, 6.45) is 7.87. The normalized spacial score (nSPS) is 25.4. The number of nitrogens with zero attached hydrogens (tertiary/aromatic N) is 2. The van der Waals surface area contributed by atoms with E-state index in [1.165, 1.54) is 37.8 Å². The molecule has 8 heteroatoms. The molecule has 1 saturated carbocycles. The Kier molecular flexibility index (Phi) is 9.29. The van der Waals surface area contributed by atoms with Gasteiger partial charge in [-0.05, 0) is 31.9 Å². The summed E-state index contributed by atoms with van der Waals surface area (Å²) in [5, 5.41) is 15.6. The smallest absolute Gasteiger partial charge is 0.328 e. The zero-order valence-corrected chi connectivity index (χ0v) is 19.4. The standard InChI is InChI=1S/C21H32N2O2.C4H4O4/c1-18-21(10-6-3-7-11-21)24-17-20(25-18)16-22-12-14-23(15-13-22)19-8-4-2-5-9-19;5-3(6)1-2-4(7)8/h2,4-5,8-9,18,20H,3,6-7,10-17H2,1H3;1-2H,(H,5,6)(H,7,8)/b;2-1+. The third-order valence-corrected chi connectivity index (χ3v) is 6.72. The highest BCUT2D eigenvalue weighted by Crippen LogP contribution is 2.39. The maximum Gasteiger partial charge on any atom is 0.328 e. The molecule has 8 nitrogen and oxygen atoms in total. The Morgan fingerprint density at radius 2 is 1.61 bits per heavy atom. The van der Waals surface area contributed by atoms with Crippen molar-refractivity contribution in [2.75, 3.05) is 44.2 Å². The van der Waals surface area contributed by atoms with Crippen molar-refractivity contribution in [2.24, 2.45) is 0 Å². The Morgan fingerprint density at radius 1 is 1.00 bits per heavy atom. The van der Waals surface area contributed by atoms with Crippen LogP contribution < -0.4 is 4.90 Å². The largest absolute Gasteiger partial charge is 0.478 e. The summed E-state index contributed by atoms with van der Waals surface area (Å²) in [6, 6.07) is 10.7. The van der Waals surface area contributed by atoms with Crippen molar-refractivity contribution in [2.45, 2.75) is 56.8 Å². The van der Waals surface area contributed by atoms with E-state index in [4.69, 9.17) is 19.7 Å². The summed E-state index contributed by atoms with van der Waals surface area (Å²) in [7, 11) is 0. The molecule has 3 fully saturated rings. The van der Waals surface area contributed by atoms with E-state index in [1.807, 2.05) is 0 Å². The molecule has 0 amide bonds. The van der Waals surface area contributed by atoms with Crippen LogP contribution in [0.3, 0.4) is 0 Å². The lowest BCUT2D eigenvalue weighted by Gasteiger charge is -2.48. The van der Waals surface area contributed by atoms with Crippen LogP contribution in [0.1, 0.15) is 39.0 Å². The maximum atomic E-state index is 9.55. The van der Waals surface area contributed by atoms with Gasteiger partial charge in [0, 0.05) is 50.6 Å². The first-order valence-electron chi connectivity index (χ1n) is 11.8. The van der Waals surface area contributed by atoms with Crippen molar-refractivity contribution in [3.05, 3.63) is 42.5 Å². The first-order chi connectivity index (χ1) is 15.9. The van der Waals surface area contributed by atoms with Gasteiger partial charge in [-0.15, -0.1) is 0 Å². The highest BCUT2D eigenvalue weighted by molar-refractivity contribution is 5.89. The van der Waals surface area contributed by atoms with Crippen LogP contribution in [0.5, 0.6) is 0 Å². The molecule has 2 unspecified atom stereocenters. The van der Waals surface area contributed by atoms with Gasteiger partial charge in [-0.1, -0.05) is 37.5 Å². The third kappa shape index (κ3) is 7.55. The number of carboxylic acids is 2. The highest BCUT2D eigenvalue weighted by atomic mass is 16.6. The van der Waals surface area contributed by atoms with Crippen molar-refractivity contribution in [1.82, 2.24) is 4.90 Å². The number of anilines is 1. The lowest BCUT2D eigenvalue weighted by atomic mass is 9.80. The van der Waals surface area contributed by atoms with E-state index in [-0.39, 0.29) is 17.8 Å². The fourth-order valence-electron chi connectivity index (χ4n) is 4.88. The monoisotopic (exact) mass is 460 g/mol. The molecule has 33 heavy (non-hydrogen) atoms. The van der Waals surface area contributed by atoms with Crippen molar-refractivity contribution < 1.29 is 29.3 Å². The molecule has 2 atom stereocenters. The number of benzene rings is 1. The fourth-order valence-corrected chi connectivity index (χ4v) is 4.88. The van der Waals surface area contributed by atoms with Crippen LogP contribution in [0, 0.1) is 0 Å². The molecule has 2 N–H and O–H groups in total. The van der Waals surface area contributed by atoms with Gasteiger partial charge in [0.25, 0.3) is 0 Å². The van der Waals surface area contributed by atoms with Crippen molar-refractivity contribution in [3.63, 3.8) is 0 Å². The number of ether oxygens (including phenoxy) is 2. The van der Waals surface area contributed by atoms with E-state index in [0.717, 1.165) is 39.3 Å². The summed E-state index contributed by atoms with van der Waals surface area (Å²) in [5.41, 5.74) is 1.35. The fraction of sp³-hybridized carbons (Fsp3) is 0.600. The number of piperazine rings is 1. The summed E-state index contributed by atoms with van der Waals surface area (Å²) in [6.45, 7) is 8.40. The first-order valence-corrected chi connectivity index (χ1v) is 11.8. The Balaban J connectivity index is 0.000000331. The Morgan fingerprint density at radius 3 is 2.15 bits per heavy atom. The average Bonchev–Trinajstić information content (AvgIpc) is 2.82. The number of hydrogen-bond donors (Lipinski definition) is 2. The van der Waals surface area contributed by atoms with E-state index in [0.29, 0.717) is 12.2 Å². The summed E-state index contributed by atoms with van der Waals surface area (Å²) in [5.74, 6) is -2.51. The van der Waals surface area contributed by atoms with Crippen molar-refractivity contribution in [3.8, 4) is 0 Å². The number of para-hydroxylation sites is 1. The predicted molar refractivity (Wildman–Crippen MR) is 126 cm³/mol. The Labute approximate surface area is 195 Å². The van der Waals surface area contributed by atoms with Crippen LogP contribution in [0.2, 0.25) is 0 Å².